The van der Waals surface area contributed by atoms with E-state index in [2.05, 4.69) is 114 Å². The Balaban J connectivity index is 1.13. The maximum atomic E-state index is 5.02. The molecule has 0 saturated carbocycles. The topological polar surface area (TPSA) is 38.7 Å². The highest BCUT2D eigenvalue weighted by Gasteiger charge is 2.12. The molecule has 0 fully saturated rings. The van der Waals surface area contributed by atoms with Gasteiger partial charge in [-0.05, 0) is 39.8 Å². The summed E-state index contributed by atoms with van der Waals surface area (Å²) in [5.41, 5.74) is 9.74. The molecule has 0 radical (unpaired) electrons. The van der Waals surface area contributed by atoms with Crippen molar-refractivity contribution >= 4 is 32.6 Å². The quantitative estimate of drug-likeness (QED) is 0.211. The van der Waals surface area contributed by atoms with Gasteiger partial charge >= 0.3 is 0 Å². The monoisotopic (exact) mass is 535 g/mol. The van der Waals surface area contributed by atoms with Crippen molar-refractivity contribution in [3.05, 3.63) is 152 Å². The van der Waals surface area contributed by atoms with E-state index in [0.717, 1.165) is 50.0 Å². The Kier molecular flexibility index (Phi) is 5.79. The molecule has 6 aromatic carbocycles. The third-order valence-electron chi connectivity index (χ3n) is 7.95. The van der Waals surface area contributed by atoms with Gasteiger partial charge in [0, 0.05) is 33.5 Å². The molecule has 0 N–H and O–H groups in total. The van der Waals surface area contributed by atoms with E-state index >= 15 is 0 Å². The standard InChI is InChI=1S/C39H25N3/c1-2-8-29(9-3-1)38-35-11-4-5-14-36(35)41-39(42-38)31-21-17-27(18-22-31)26-15-19-28(20-16-26)32-12-6-13-34-33(32)24-23-30-10-7-25-40-37(30)34/h1-25H. The van der Waals surface area contributed by atoms with Crippen molar-refractivity contribution in [3.63, 3.8) is 0 Å². The summed E-state index contributed by atoms with van der Waals surface area (Å²) in [7, 11) is 0. The second kappa shape index (κ2) is 10.1. The summed E-state index contributed by atoms with van der Waals surface area (Å²) < 4.78 is 0. The SMILES string of the molecule is c1ccc(-c2nc(-c3ccc(-c4ccc(-c5cccc6c5ccc5cccnc56)cc4)cc3)nc3ccccc23)cc1. The van der Waals surface area contributed by atoms with Gasteiger partial charge < -0.3 is 0 Å². The van der Waals surface area contributed by atoms with E-state index in [-0.39, 0.29) is 0 Å². The third-order valence-corrected chi connectivity index (χ3v) is 7.95. The number of rotatable bonds is 4. The summed E-state index contributed by atoms with van der Waals surface area (Å²) in [6.07, 6.45) is 1.86. The molecule has 0 aliphatic heterocycles. The van der Waals surface area contributed by atoms with Crippen molar-refractivity contribution in [2.45, 2.75) is 0 Å². The number of hydrogen-bond donors (Lipinski definition) is 0. The van der Waals surface area contributed by atoms with Gasteiger partial charge in [0.05, 0.1) is 16.7 Å². The highest BCUT2D eigenvalue weighted by atomic mass is 14.9. The number of pyridine rings is 1. The molecule has 196 valence electrons. The van der Waals surface area contributed by atoms with Crippen molar-refractivity contribution in [3.8, 4) is 44.9 Å². The fraction of sp³-hybridized carbons (Fsp3) is 0. The average molecular weight is 536 g/mol. The van der Waals surface area contributed by atoms with E-state index in [1.54, 1.807) is 0 Å². The van der Waals surface area contributed by atoms with E-state index < -0.39 is 0 Å². The third kappa shape index (κ3) is 4.20. The van der Waals surface area contributed by atoms with Crippen LogP contribution in [0.1, 0.15) is 0 Å². The van der Waals surface area contributed by atoms with Gasteiger partial charge in [0.15, 0.2) is 5.82 Å². The number of nitrogens with zero attached hydrogens (tertiary/aromatic N) is 3. The molecule has 3 heteroatoms. The molecular weight excluding hydrogens is 510 g/mol. The van der Waals surface area contributed by atoms with Crippen LogP contribution in [-0.4, -0.2) is 15.0 Å². The Bertz CT molecular complexity index is 2220. The Labute approximate surface area is 243 Å². The lowest BCUT2D eigenvalue weighted by Gasteiger charge is -2.11. The van der Waals surface area contributed by atoms with Gasteiger partial charge in [-0.25, -0.2) is 9.97 Å². The molecule has 0 aliphatic carbocycles. The van der Waals surface area contributed by atoms with Crippen LogP contribution >= 0.6 is 0 Å². The molecule has 2 aromatic heterocycles. The van der Waals surface area contributed by atoms with Gasteiger partial charge in [0.1, 0.15) is 0 Å². The Morgan fingerprint density at radius 2 is 1.07 bits per heavy atom. The first kappa shape index (κ1) is 24.2. The second-order valence-corrected chi connectivity index (χ2v) is 10.5. The molecule has 0 saturated heterocycles. The van der Waals surface area contributed by atoms with Crippen molar-refractivity contribution in [1.29, 1.82) is 0 Å². The predicted molar refractivity (Wildman–Crippen MR) is 174 cm³/mol. The molecular formula is C39H25N3. The summed E-state index contributed by atoms with van der Waals surface area (Å²) in [5, 5.41) is 4.61. The molecule has 0 aliphatic rings. The van der Waals surface area contributed by atoms with Crippen LogP contribution in [0.4, 0.5) is 0 Å². The minimum Gasteiger partial charge on any atom is -0.256 e. The number of para-hydroxylation sites is 1. The lowest BCUT2D eigenvalue weighted by atomic mass is 9.95. The Morgan fingerprint density at radius 1 is 0.381 bits per heavy atom. The van der Waals surface area contributed by atoms with Crippen LogP contribution < -0.4 is 0 Å². The number of benzene rings is 6. The largest absolute Gasteiger partial charge is 0.256 e. The maximum absolute atomic E-state index is 5.02. The molecule has 0 unspecified atom stereocenters. The molecule has 0 atom stereocenters. The molecule has 3 nitrogen and oxygen atoms in total. The first-order valence-electron chi connectivity index (χ1n) is 14.1. The van der Waals surface area contributed by atoms with Crippen LogP contribution in [0.15, 0.2) is 152 Å². The number of hydrogen-bond acceptors (Lipinski definition) is 3. The van der Waals surface area contributed by atoms with Gasteiger partial charge in [0.2, 0.25) is 0 Å². The molecule has 2 heterocycles. The predicted octanol–water partition coefficient (Wildman–Crippen LogP) is 10.00. The lowest BCUT2D eigenvalue weighted by molar-refractivity contribution is 1.23. The van der Waals surface area contributed by atoms with E-state index in [1.807, 2.05) is 42.6 Å². The van der Waals surface area contributed by atoms with Crippen LogP contribution in [0.5, 0.6) is 0 Å². The van der Waals surface area contributed by atoms with Crippen molar-refractivity contribution in [1.82, 2.24) is 15.0 Å². The van der Waals surface area contributed by atoms with Crippen molar-refractivity contribution in [2.24, 2.45) is 0 Å². The minimum absolute atomic E-state index is 0.729. The van der Waals surface area contributed by atoms with Gasteiger partial charge in [-0.1, -0.05) is 133 Å². The zero-order valence-electron chi connectivity index (χ0n) is 22.8. The zero-order chi connectivity index (χ0) is 27.9. The summed E-state index contributed by atoms with van der Waals surface area (Å²) in [6.45, 7) is 0. The van der Waals surface area contributed by atoms with Crippen LogP contribution in [0, 0.1) is 0 Å². The summed E-state index contributed by atoms with van der Waals surface area (Å²) in [5.74, 6) is 0.729. The fourth-order valence-corrected chi connectivity index (χ4v) is 5.83. The molecule has 8 rings (SSSR count). The van der Waals surface area contributed by atoms with Crippen LogP contribution in [0.2, 0.25) is 0 Å². The van der Waals surface area contributed by atoms with E-state index in [1.165, 1.54) is 27.5 Å². The molecule has 42 heavy (non-hydrogen) atoms. The van der Waals surface area contributed by atoms with Gasteiger partial charge in [-0.15, -0.1) is 0 Å². The lowest BCUT2D eigenvalue weighted by Crippen LogP contribution is -1.95. The van der Waals surface area contributed by atoms with Crippen LogP contribution in [-0.2, 0) is 0 Å². The van der Waals surface area contributed by atoms with Crippen LogP contribution in [0.3, 0.4) is 0 Å². The second-order valence-electron chi connectivity index (χ2n) is 10.5. The van der Waals surface area contributed by atoms with E-state index in [0.29, 0.717) is 0 Å². The van der Waals surface area contributed by atoms with Crippen molar-refractivity contribution in [2.75, 3.05) is 0 Å². The van der Waals surface area contributed by atoms with Crippen molar-refractivity contribution < 1.29 is 0 Å². The molecule has 8 aromatic rings. The first-order chi connectivity index (χ1) is 20.8. The van der Waals surface area contributed by atoms with E-state index in [4.69, 9.17) is 9.97 Å². The van der Waals surface area contributed by atoms with Gasteiger partial charge in [-0.2, -0.15) is 0 Å². The maximum Gasteiger partial charge on any atom is 0.160 e. The van der Waals surface area contributed by atoms with E-state index in [9.17, 15) is 0 Å². The number of fused-ring (bicyclic) bond motifs is 4. The first-order valence-corrected chi connectivity index (χ1v) is 14.1. The van der Waals surface area contributed by atoms with Gasteiger partial charge in [-0.3, -0.25) is 4.98 Å². The summed E-state index contributed by atoms with van der Waals surface area (Å²) in [6, 6.07) is 50.8. The summed E-state index contributed by atoms with van der Waals surface area (Å²) >= 11 is 0. The van der Waals surface area contributed by atoms with Crippen LogP contribution in [0.25, 0.3) is 77.5 Å². The minimum atomic E-state index is 0.729. The highest BCUT2D eigenvalue weighted by Crippen LogP contribution is 2.34. The zero-order valence-corrected chi connectivity index (χ0v) is 22.8. The molecule has 0 spiro atoms. The average Bonchev–Trinajstić information content (AvgIpc) is 3.08. The normalized spacial score (nSPS) is 11.3. The highest BCUT2D eigenvalue weighted by molar-refractivity contribution is 6.10. The smallest absolute Gasteiger partial charge is 0.160 e. The Morgan fingerprint density at radius 3 is 1.88 bits per heavy atom. The number of aromatic nitrogens is 3. The molecule has 0 bridgehead atoms. The summed E-state index contributed by atoms with van der Waals surface area (Å²) in [4.78, 5) is 14.6. The molecule has 0 amide bonds. The fourth-order valence-electron chi connectivity index (χ4n) is 5.83. The Hall–Kier alpha value is -5.67. The van der Waals surface area contributed by atoms with Gasteiger partial charge in [0.25, 0.3) is 0 Å².